The third kappa shape index (κ3) is 4.89. The third-order valence-corrected chi connectivity index (χ3v) is 3.33. The van der Waals surface area contributed by atoms with Crippen molar-refractivity contribution in [3.8, 4) is 5.75 Å². The summed E-state index contributed by atoms with van der Waals surface area (Å²) >= 11 is 0. The minimum absolute atomic E-state index is 0.195. The lowest BCUT2D eigenvalue weighted by Crippen LogP contribution is -2.35. The van der Waals surface area contributed by atoms with E-state index < -0.39 is 6.36 Å². The van der Waals surface area contributed by atoms with Crippen molar-refractivity contribution in [2.75, 3.05) is 6.54 Å². The lowest BCUT2D eigenvalue weighted by Gasteiger charge is -2.25. The van der Waals surface area contributed by atoms with Gasteiger partial charge in [-0.2, -0.15) is 0 Å². The van der Waals surface area contributed by atoms with Gasteiger partial charge in [0.1, 0.15) is 5.75 Å². The van der Waals surface area contributed by atoms with Gasteiger partial charge in [0.05, 0.1) is 0 Å². The minimum Gasteiger partial charge on any atom is -0.406 e. The monoisotopic (exact) mass is 285 g/mol. The molecule has 1 N–H and O–H groups in total. The molecule has 0 radical (unpaired) electrons. The molecule has 5 heteroatoms. The van der Waals surface area contributed by atoms with Crippen LogP contribution in [-0.4, -0.2) is 18.9 Å². The van der Waals surface area contributed by atoms with Crippen LogP contribution < -0.4 is 10.1 Å². The Bertz CT molecular complexity index is 453. The summed E-state index contributed by atoms with van der Waals surface area (Å²) in [6, 6.07) is 6.21. The average Bonchev–Trinajstić information content (AvgIpc) is 2.36. The first-order chi connectivity index (χ1) is 9.42. The van der Waals surface area contributed by atoms with Gasteiger partial charge in [0, 0.05) is 6.04 Å². The molecule has 2 atom stereocenters. The molecular weight excluding hydrogens is 267 g/mol. The Hall–Kier alpha value is -1.49. The normalized spacial score (nSPS) is 24.0. The average molecular weight is 285 g/mol. The zero-order valence-corrected chi connectivity index (χ0v) is 11.3. The summed E-state index contributed by atoms with van der Waals surface area (Å²) < 4.78 is 39.9. The van der Waals surface area contributed by atoms with Gasteiger partial charge in [-0.25, -0.2) is 0 Å². The summed E-state index contributed by atoms with van der Waals surface area (Å²) in [5.41, 5.74) is 0.861. The molecule has 0 spiro atoms. The van der Waals surface area contributed by atoms with Crippen molar-refractivity contribution in [1.29, 1.82) is 0 Å². The first-order valence-electron chi connectivity index (χ1n) is 6.70. The largest absolute Gasteiger partial charge is 0.573 e. The molecule has 2 unspecified atom stereocenters. The number of ether oxygens (including phenoxy) is 1. The first-order valence-corrected chi connectivity index (χ1v) is 6.70. The second-order valence-corrected chi connectivity index (χ2v) is 5.17. The van der Waals surface area contributed by atoms with Gasteiger partial charge in [-0.1, -0.05) is 31.2 Å². The lowest BCUT2D eigenvalue weighted by molar-refractivity contribution is -0.274. The summed E-state index contributed by atoms with van der Waals surface area (Å²) in [5.74, 6) is 0.507. The van der Waals surface area contributed by atoms with Crippen molar-refractivity contribution in [3.05, 3.63) is 35.9 Å². The van der Waals surface area contributed by atoms with Crippen LogP contribution in [0.1, 0.15) is 25.3 Å². The quantitative estimate of drug-likeness (QED) is 0.906. The van der Waals surface area contributed by atoms with Crippen LogP contribution in [0.5, 0.6) is 5.75 Å². The summed E-state index contributed by atoms with van der Waals surface area (Å²) in [5, 5.41) is 3.40. The van der Waals surface area contributed by atoms with Crippen molar-refractivity contribution in [2.45, 2.75) is 32.2 Å². The zero-order valence-electron chi connectivity index (χ0n) is 11.3. The van der Waals surface area contributed by atoms with Crippen molar-refractivity contribution >= 4 is 6.08 Å². The van der Waals surface area contributed by atoms with Crippen LogP contribution in [0.25, 0.3) is 6.08 Å². The van der Waals surface area contributed by atoms with Crippen molar-refractivity contribution in [3.63, 3.8) is 0 Å². The second-order valence-electron chi connectivity index (χ2n) is 5.17. The van der Waals surface area contributed by atoms with Gasteiger partial charge in [0.25, 0.3) is 0 Å². The van der Waals surface area contributed by atoms with E-state index in [0.29, 0.717) is 12.0 Å². The predicted molar refractivity (Wildman–Crippen MR) is 72.3 cm³/mol. The number of halogens is 3. The maximum absolute atomic E-state index is 12.0. The van der Waals surface area contributed by atoms with Crippen molar-refractivity contribution in [1.82, 2.24) is 5.32 Å². The van der Waals surface area contributed by atoms with E-state index in [9.17, 15) is 13.2 Å². The van der Waals surface area contributed by atoms with Gasteiger partial charge in [-0.05, 0) is 43.0 Å². The number of benzene rings is 1. The van der Waals surface area contributed by atoms with E-state index in [1.807, 2.05) is 6.08 Å². The number of hydrogen-bond donors (Lipinski definition) is 1. The van der Waals surface area contributed by atoms with Crippen LogP contribution in [0, 0.1) is 5.92 Å². The molecule has 1 aliphatic heterocycles. The van der Waals surface area contributed by atoms with E-state index in [1.54, 1.807) is 12.1 Å². The van der Waals surface area contributed by atoms with E-state index in [-0.39, 0.29) is 5.75 Å². The molecule has 1 saturated heterocycles. The first kappa shape index (κ1) is 14.9. The molecule has 0 aliphatic carbocycles. The summed E-state index contributed by atoms with van der Waals surface area (Å²) in [6.07, 6.45) is 1.63. The second kappa shape index (κ2) is 6.31. The molecule has 0 bridgehead atoms. The van der Waals surface area contributed by atoms with E-state index in [1.165, 1.54) is 18.6 Å². The lowest BCUT2D eigenvalue weighted by atomic mass is 9.94. The SMILES string of the molecule is CC1CCNC(/C=C/c2ccc(OC(F)(F)F)cc2)C1. The third-order valence-electron chi connectivity index (χ3n) is 3.33. The Morgan fingerprint density at radius 1 is 1.25 bits per heavy atom. The molecule has 1 fully saturated rings. The summed E-state index contributed by atoms with van der Waals surface area (Å²) in [6.45, 7) is 3.24. The zero-order chi connectivity index (χ0) is 14.6. The highest BCUT2D eigenvalue weighted by Crippen LogP contribution is 2.23. The van der Waals surface area contributed by atoms with Gasteiger partial charge in [0.2, 0.25) is 0 Å². The van der Waals surface area contributed by atoms with Crippen LogP contribution in [0.3, 0.4) is 0 Å². The minimum atomic E-state index is -4.64. The molecule has 0 amide bonds. The standard InChI is InChI=1S/C15H18F3NO/c1-11-8-9-19-13(10-11)5-2-12-3-6-14(7-4-12)20-15(16,17)18/h2-7,11,13,19H,8-10H2,1H3/b5-2+. The number of hydrogen-bond acceptors (Lipinski definition) is 2. The highest BCUT2D eigenvalue weighted by Gasteiger charge is 2.30. The van der Waals surface area contributed by atoms with Crippen LogP contribution >= 0.6 is 0 Å². The molecule has 0 saturated carbocycles. The van der Waals surface area contributed by atoms with Crippen molar-refractivity contribution < 1.29 is 17.9 Å². The molecule has 2 rings (SSSR count). The maximum Gasteiger partial charge on any atom is 0.573 e. The molecule has 1 aromatic rings. The molecule has 20 heavy (non-hydrogen) atoms. The smallest absolute Gasteiger partial charge is 0.406 e. The highest BCUT2D eigenvalue weighted by molar-refractivity contribution is 5.51. The fourth-order valence-corrected chi connectivity index (χ4v) is 2.30. The summed E-state index contributed by atoms with van der Waals surface area (Å²) in [7, 11) is 0. The van der Waals surface area contributed by atoms with Gasteiger partial charge in [-0.3, -0.25) is 0 Å². The van der Waals surface area contributed by atoms with E-state index in [0.717, 1.165) is 18.5 Å². The van der Waals surface area contributed by atoms with E-state index in [4.69, 9.17) is 0 Å². The predicted octanol–water partition coefficient (Wildman–Crippen LogP) is 3.99. The van der Waals surface area contributed by atoms with Crippen LogP contribution in [0.4, 0.5) is 13.2 Å². The van der Waals surface area contributed by atoms with Gasteiger partial charge in [0.15, 0.2) is 0 Å². The number of piperidine rings is 1. The summed E-state index contributed by atoms with van der Waals surface area (Å²) in [4.78, 5) is 0. The fraction of sp³-hybridized carbons (Fsp3) is 0.467. The topological polar surface area (TPSA) is 21.3 Å². The number of nitrogens with one attached hydrogen (secondary N) is 1. The Morgan fingerprint density at radius 3 is 2.55 bits per heavy atom. The van der Waals surface area contributed by atoms with E-state index >= 15 is 0 Å². The van der Waals surface area contributed by atoms with Crippen LogP contribution in [-0.2, 0) is 0 Å². The van der Waals surface area contributed by atoms with Crippen LogP contribution in [0.15, 0.2) is 30.3 Å². The molecule has 1 aliphatic rings. The Morgan fingerprint density at radius 2 is 1.95 bits per heavy atom. The van der Waals surface area contributed by atoms with Crippen molar-refractivity contribution in [2.24, 2.45) is 5.92 Å². The number of rotatable bonds is 3. The molecule has 2 nitrogen and oxygen atoms in total. The van der Waals surface area contributed by atoms with Gasteiger partial charge >= 0.3 is 6.36 Å². The highest BCUT2D eigenvalue weighted by atomic mass is 19.4. The maximum atomic E-state index is 12.0. The van der Waals surface area contributed by atoms with Gasteiger partial charge in [-0.15, -0.1) is 13.2 Å². The molecular formula is C15H18F3NO. The van der Waals surface area contributed by atoms with E-state index in [2.05, 4.69) is 23.1 Å². The molecule has 0 aromatic heterocycles. The van der Waals surface area contributed by atoms with Gasteiger partial charge < -0.3 is 10.1 Å². The molecule has 1 aromatic carbocycles. The fourth-order valence-electron chi connectivity index (χ4n) is 2.30. The Kier molecular flexibility index (Phi) is 4.70. The molecule has 1 heterocycles. The molecule has 110 valence electrons. The van der Waals surface area contributed by atoms with Crippen LogP contribution in [0.2, 0.25) is 0 Å². The Labute approximate surface area is 116 Å². The number of alkyl halides is 3. The Balaban J connectivity index is 1.93.